The highest BCUT2D eigenvalue weighted by atomic mass is 16.5. The lowest BCUT2D eigenvalue weighted by molar-refractivity contribution is 0.346. The normalized spacial score (nSPS) is 10.0. The first-order valence-corrected chi connectivity index (χ1v) is 5.69. The van der Waals surface area contributed by atoms with Crippen molar-refractivity contribution in [2.45, 2.75) is 0 Å². The topological polar surface area (TPSA) is 79.7 Å². The number of hydrogen-bond acceptors (Lipinski definition) is 5. The Kier molecular flexibility index (Phi) is 3.66. The summed E-state index contributed by atoms with van der Waals surface area (Å²) in [5, 5.41) is 0. The molecule has 2 aromatic rings. The van der Waals surface area contributed by atoms with Gasteiger partial charge in [0, 0.05) is 6.07 Å². The summed E-state index contributed by atoms with van der Waals surface area (Å²) in [6.07, 6.45) is 0. The molecule has 4 N–H and O–H groups in total. The summed E-state index contributed by atoms with van der Waals surface area (Å²) in [4.78, 5) is 0. The van der Waals surface area contributed by atoms with Crippen molar-refractivity contribution in [2.75, 3.05) is 25.7 Å². The molecule has 0 saturated heterocycles. The zero-order valence-corrected chi connectivity index (χ0v) is 10.8. The first-order valence-electron chi connectivity index (χ1n) is 5.69. The van der Waals surface area contributed by atoms with Crippen LogP contribution in [-0.2, 0) is 0 Å². The minimum atomic E-state index is 0.464. The van der Waals surface area contributed by atoms with Gasteiger partial charge in [0.25, 0.3) is 0 Å². The molecule has 5 nitrogen and oxygen atoms in total. The second-order valence-electron chi connectivity index (χ2n) is 3.88. The lowest BCUT2D eigenvalue weighted by atomic mass is 10.2. The van der Waals surface area contributed by atoms with Gasteiger partial charge in [-0.1, -0.05) is 6.07 Å². The fourth-order valence-electron chi connectivity index (χ4n) is 1.65. The molecule has 0 spiro atoms. The van der Waals surface area contributed by atoms with Gasteiger partial charge in [0.2, 0.25) is 5.75 Å². The van der Waals surface area contributed by atoms with Crippen LogP contribution in [0.3, 0.4) is 0 Å². The maximum Gasteiger partial charge on any atom is 0.210 e. The molecule has 19 heavy (non-hydrogen) atoms. The largest absolute Gasteiger partial charge is 0.493 e. The van der Waals surface area contributed by atoms with Crippen LogP contribution in [0.1, 0.15) is 0 Å². The van der Waals surface area contributed by atoms with Gasteiger partial charge < -0.3 is 25.7 Å². The van der Waals surface area contributed by atoms with E-state index in [9.17, 15) is 0 Å². The third kappa shape index (κ3) is 2.65. The zero-order chi connectivity index (χ0) is 13.8. The molecule has 0 radical (unpaired) electrons. The minimum absolute atomic E-state index is 0.464. The Morgan fingerprint density at radius 1 is 0.842 bits per heavy atom. The molecule has 2 rings (SSSR count). The highest BCUT2D eigenvalue weighted by Crippen LogP contribution is 2.40. The molecule has 0 fully saturated rings. The van der Waals surface area contributed by atoms with Crippen LogP contribution >= 0.6 is 0 Å². The maximum absolute atomic E-state index is 5.77. The number of ether oxygens (including phenoxy) is 3. The Bertz CT molecular complexity index is 563. The van der Waals surface area contributed by atoms with Crippen LogP contribution in [0.15, 0.2) is 36.4 Å². The highest BCUT2D eigenvalue weighted by molar-refractivity contribution is 5.66. The van der Waals surface area contributed by atoms with Crippen molar-refractivity contribution in [3.8, 4) is 23.0 Å². The minimum Gasteiger partial charge on any atom is -0.493 e. The van der Waals surface area contributed by atoms with E-state index in [0.717, 1.165) is 0 Å². The Morgan fingerprint density at radius 3 is 2.00 bits per heavy atom. The van der Waals surface area contributed by atoms with E-state index in [4.69, 9.17) is 25.7 Å². The van der Waals surface area contributed by atoms with Crippen LogP contribution in [0.25, 0.3) is 0 Å². The van der Waals surface area contributed by atoms with Gasteiger partial charge in [0.15, 0.2) is 11.5 Å². The number of benzene rings is 2. The fraction of sp³-hybridized carbons (Fsp3) is 0.143. The van der Waals surface area contributed by atoms with Crippen LogP contribution in [0.2, 0.25) is 0 Å². The Balaban J connectivity index is 2.39. The van der Waals surface area contributed by atoms with Gasteiger partial charge in [-0.3, -0.25) is 0 Å². The summed E-state index contributed by atoms with van der Waals surface area (Å²) in [6.45, 7) is 0. The zero-order valence-electron chi connectivity index (χ0n) is 10.8. The molecule has 0 atom stereocenters. The molecule has 5 heteroatoms. The Hall–Kier alpha value is -2.56. The standard InChI is InChI=1S/C14H16N2O3/c1-17-12-4-3-5-13(18-2)14(12)19-9-6-7-10(15)11(16)8-9/h3-8H,15-16H2,1-2H3. The molecule has 2 aromatic carbocycles. The quantitative estimate of drug-likeness (QED) is 0.826. The van der Waals surface area contributed by atoms with Gasteiger partial charge >= 0.3 is 0 Å². The summed E-state index contributed by atoms with van der Waals surface area (Å²) < 4.78 is 16.3. The van der Waals surface area contributed by atoms with Gasteiger partial charge in [-0.15, -0.1) is 0 Å². The maximum atomic E-state index is 5.77. The van der Waals surface area contributed by atoms with E-state index in [1.54, 1.807) is 44.6 Å². The molecule has 0 aromatic heterocycles. The van der Waals surface area contributed by atoms with Crippen molar-refractivity contribution in [3.05, 3.63) is 36.4 Å². The summed E-state index contributed by atoms with van der Waals surface area (Å²) in [5.41, 5.74) is 12.4. The molecule has 0 bridgehead atoms. The van der Waals surface area contributed by atoms with Crippen molar-refractivity contribution in [3.63, 3.8) is 0 Å². The first kappa shape index (κ1) is 12.9. The molecular weight excluding hydrogens is 244 g/mol. The van der Waals surface area contributed by atoms with Crippen LogP contribution in [0, 0.1) is 0 Å². The molecular formula is C14H16N2O3. The van der Waals surface area contributed by atoms with Crippen LogP contribution < -0.4 is 25.7 Å². The number of hydrogen-bond donors (Lipinski definition) is 2. The smallest absolute Gasteiger partial charge is 0.210 e. The third-order valence-electron chi connectivity index (χ3n) is 2.66. The first-order chi connectivity index (χ1) is 9.15. The SMILES string of the molecule is COc1cccc(OC)c1Oc1ccc(N)c(N)c1. The Labute approximate surface area is 111 Å². The van der Waals surface area contributed by atoms with E-state index in [1.807, 2.05) is 6.07 Å². The average Bonchev–Trinajstić information content (AvgIpc) is 2.43. The van der Waals surface area contributed by atoms with Gasteiger partial charge in [-0.2, -0.15) is 0 Å². The predicted octanol–water partition coefficient (Wildman–Crippen LogP) is 2.66. The van der Waals surface area contributed by atoms with E-state index >= 15 is 0 Å². The van der Waals surface area contributed by atoms with Gasteiger partial charge in [0.05, 0.1) is 25.6 Å². The second-order valence-corrected chi connectivity index (χ2v) is 3.88. The van der Waals surface area contributed by atoms with Crippen LogP contribution in [0.4, 0.5) is 11.4 Å². The van der Waals surface area contributed by atoms with Crippen molar-refractivity contribution in [2.24, 2.45) is 0 Å². The molecule has 0 heterocycles. The van der Waals surface area contributed by atoms with Gasteiger partial charge in [-0.05, 0) is 24.3 Å². The van der Waals surface area contributed by atoms with Gasteiger partial charge in [-0.25, -0.2) is 0 Å². The summed E-state index contributed by atoms with van der Waals surface area (Å²) in [7, 11) is 3.14. The van der Waals surface area contributed by atoms with Gasteiger partial charge in [0.1, 0.15) is 5.75 Å². The molecule has 0 aliphatic carbocycles. The number of anilines is 2. The second kappa shape index (κ2) is 5.39. The lowest BCUT2D eigenvalue weighted by Crippen LogP contribution is -1.97. The van der Waals surface area contributed by atoms with Crippen molar-refractivity contribution < 1.29 is 14.2 Å². The van der Waals surface area contributed by atoms with Crippen LogP contribution in [-0.4, -0.2) is 14.2 Å². The number of nitrogen functional groups attached to an aromatic ring is 2. The number of rotatable bonds is 4. The van der Waals surface area contributed by atoms with E-state index in [1.165, 1.54) is 0 Å². The van der Waals surface area contributed by atoms with E-state index in [0.29, 0.717) is 34.4 Å². The molecule has 0 saturated carbocycles. The highest BCUT2D eigenvalue weighted by Gasteiger charge is 2.12. The Morgan fingerprint density at radius 2 is 1.47 bits per heavy atom. The number of para-hydroxylation sites is 1. The summed E-state index contributed by atoms with van der Waals surface area (Å²) >= 11 is 0. The molecule has 0 aliphatic rings. The summed E-state index contributed by atoms with van der Waals surface area (Å²) in [6, 6.07) is 10.5. The van der Waals surface area contributed by atoms with Crippen molar-refractivity contribution in [1.82, 2.24) is 0 Å². The average molecular weight is 260 g/mol. The fourth-order valence-corrected chi connectivity index (χ4v) is 1.65. The van der Waals surface area contributed by atoms with E-state index < -0.39 is 0 Å². The lowest BCUT2D eigenvalue weighted by Gasteiger charge is -2.14. The third-order valence-corrected chi connectivity index (χ3v) is 2.66. The summed E-state index contributed by atoms with van der Waals surface area (Å²) in [5.74, 6) is 2.22. The monoisotopic (exact) mass is 260 g/mol. The van der Waals surface area contributed by atoms with Crippen molar-refractivity contribution in [1.29, 1.82) is 0 Å². The molecule has 0 unspecified atom stereocenters. The van der Waals surface area contributed by atoms with E-state index in [-0.39, 0.29) is 0 Å². The van der Waals surface area contributed by atoms with Crippen LogP contribution in [0.5, 0.6) is 23.0 Å². The molecule has 0 amide bonds. The molecule has 0 aliphatic heterocycles. The predicted molar refractivity (Wildman–Crippen MR) is 74.9 cm³/mol. The van der Waals surface area contributed by atoms with Crippen molar-refractivity contribution >= 4 is 11.4 Å². The molecule has 100 valence electrons. The van der Waals surface area contributed by atoms with E-state index in [2.05, 4.69) is 0 Å². The number of methoxy groups -OCH3 is 2. The number of nitrogens with two attached hydrogens (primary N) is 2.